The molecule has 1 saturated heterocycles. The molecule has 1 aliphatic heterocycles. The number of aromatic nitrogens is 1. The van der Waals surface area contributed by atoms with E-state index in [-0.39, 0.29) is 24.4 Å². The molecule has 0 radical (unpaired) electrons. The molecule has 104 valence electrons. The number of amides is 1. The van der Waals surface area contributed by atoms with Gasteiger partial charge in [-0.25, -0.2) is 5.06 Å². The topological polar surface area (TPSA) is 82.6 Å². The van der Waals surface area contributed by atoms with Crippen molar-refractivity contribution in [3.8, 4) is 0 Å². The molecule has 1 atom stereocenters. The van der Waals surface area contributed by atoms with Gasteiger partial charge in [-0.1, -0.05) is 22.0 Å². The van der Waals surface area contributed by atoms with Crippen molar-refractivity contribution in [2.24, 2.45) is 0 Å². The van der Waals surface area contributed by atoms with Crippen molar-refractivity contribution in [3.05, 3.63) is 44.8 Å². The van der Waals surface area contributed by atoms with Crippen molar-refractivity contribution in [2.75, 3.05) is 13.2 Å². The number of aromatic amines is 1. The molecule has 1 aromatic heterocycles. The van der Waals surface area contributed by atoms with E-state index in [1.54, 1.807) is 24.3 Å². The van der Waals surface area contributed by atoms with Crippen LogP contribution < -0.4 is 5.56 Å². The third kappa shape index (κ3) is 2.24. The number of pyridine rings is 1. The number of benzene rings is 1. The molecule has 2 aromatic rings. The SMILES string of the molecule is O=C(c1cc2c(Br)cccc2c(=O)[nH]1)N1C[C@H](O)CO1. The molecule has 0 unspecified atom stereocenters. The second-order valence-corrected chi connectivity index (χ2v) is 5.38. The first-order chi connectivity index (χ1) is 9.56. The van der Waals surface area contributed by atoms with Gasteiger partial charge in [0.15, 0.2) is 0 Å². The van der Waals surface area contributed by atoms with E-state index >= 15 is 0 Å². The monoisotopic (exact) mass is 338 g/mol. The van der Waals surface area contributed by atoms with Gasteiger partial charge in [-0.05, 0) is 18.2 Å². The lowest BCUT2D eigenvalue weighted by Crippen LogP contribution is -2.30. The van der Waals surface area contributed by atoms with Crippen LogP contribution in [0.2, 0.25) is 0 Å². The smallest absolute Gasteiger partial charge is 0.294 e. The number of carbonyl (C=O) groups excluding carboxylic acids is 1. The van der Waals surface area contributed by atoms with Crippen LogP contribution in [-0.2, 0) is 4.84 Å². The number of hydroxylamine groups is 2. The fraction of sp³-hybridized carbons (Fsp3) is 0.231. The first kappa shape index (κ1) is 13.3. The van der Waals surface area contributed by atoms with Crippen LogP contribution in [-0.4, -0.2) is 40.3 Å². The van der Waals surface area contributed by atoms with Gasteiger partial charge in [0.1, 0.15) is 18.4 Å². The summed E-state index contributed by atoms with van der Waals surface area (Å²) in [4.78, 5) is 31.8. The van der Waals surface area contributed by atoms with Crippen LogP contribution in [0.15, 0.2) is 33.5 Å². The van der Waals surface area contributed by atoms with Crippen LogP contribution in [0.4, 0.5) is 0 Å². The van der Waals surface area contributed by atoms with E-state index in [2.05, 4.69) is 20.9 Å². The average Bonchev–Trinajstić information content (AvgIpc) is 2.85. The van der Waals surface area contributed by atoms with Crippen LogP contribution in [0.25, 0.3) is 10.8 Å². The van der Waals surface area contributed by atoms with E-state index in [0.29, 0.717) is 10.8 Å². The van der Waals surface area contributed by atoms with E-state index in [9.17, 15) is 14.7 Å². The van der Waals surface area contributed by atoms with Crippen molar-refractivity contribution >= 4 is 32.6 Å². The molecule has 1 aromatic carbocycles. The Labute approximate surface area is 122 Å². The second kappa shape index (κ2) is 5.01. The maximum absolute atomic E-state index is 12.2. The summed E-state index contributed by atoms with van der Waals surface area (Å²) in [6.07, 6.45) is -0.696. The fourth-order valence-electron chi connectivity index (χ4n) is 2.12. The molecule has 0 saturated carbocycles. The van der Waals surface area contributed by atoms with E-state index in [4.69, 9.17) is 4.84 Å². The number of nitrogens with one attached hydrogen (secondary N) is 1. The van der Waals surface area contributed by atoms with Gasteiger partial charge in [0.05, 0.1) is 6.54 Å². The highest BCUT2D eigenvalue weighted by atomic mass is 79.9. The molecular weight excluding hydrogens is 328 g/mol. The number of aliphatic hydroxyl groups is 1. The van der Waals surface area contributed by atoms with Crippen molar-refractivity contribution in [1.82, 2.24) is 10.0 Å². The summed E-state index contributed by atoms with van der Waals surface area (Å²) >= 11 is 3.36. The van der Waals surface area contributed by atoms with Gasteiger partial charge in [0.25, 0.3) is 11.5 Å². The largest absolute Gasteiger partial charge is 0.389 e. The summed E-state index contributed by atoms with van der Waals surface area (Å²) in [7, 11) is 0. The number of aliphatic hydroxyl groups excluding tert-OH is 1. The van der Waals surface area contributed by atoms with E-state index in [0.717, 1.165) is 9.54 Å². The van der Waals surface area contributed by atoms with Gasteiger partial charge in [-0.3, -0.25) is 14.4 Å². The lowest BCUT2D eigenvalue weighted by Gasteiger charge is -2.13. The highest BCUT2D eigenvalue weighted by Crippen LogP contribution is 2.22. The molecule has 0 spiro atoms. The zero-order valence-corrected chi connectivity index (χ0v) is 11.9. The predicted molar refractivity (Wildman–Crippen MR) is 75.3 cm³/mol. The fourth-order valence-corrected chi connectivity index (χ4v) is 2.60. The third-order valence-electron chi connectivity index (χ3n) is 3.09. The van der Waals surface area contributed by atoms with Crippen LogP contribution in [0.5, 0.6) is 0 Å². The number of carbonyl (C=O) groups is 1. The van der Waals surface area contributed by atoms with Gasteiger partial charge in [0.2, 0.25) is 0 Å². The van der Waals surface area contributed by atoms with Crippen molar-refractivity contribution in [2.45, 2.75) is 6.10 Å². The number of hydrogen-bond acceptors (Lipinski definition) is 4. The molecular formula is C13H11BrN2O4. The lowest BCUT2D eigenvalue weighted by molar-refractivity contribution is -0.0783. The Bertz CT molecular complexity index is 743. The van der Waals surface area contributed by atoms with Gasteiger partial charge in [-0.15, -0.1) is 0 Å². The number of β-amino-alcohol motifs (C(OH)–C–C–N with tert-alkyl or cyclic N) is 1. The van der Waals surface area contributed by atoms with Gasteiger partial charge < -0.3 is 10.1 Å². The summed E-state index contributed by atoms with van der Waals surface area (Å²) in [5, 5.41) is 11.6. The Hall–Kier alpha value is -1.70. The standard InChI is InChI=1S/C13H11BrN2O4/c14-10-3-1-2-8-9(10)4-11(15-12(8)18)13(19)16-5-7(17)6-20-16/h1-4,7,17H,5-6H2,(H,15,18)/t7-/m0/s1. The molecule has 7 heteroatoms. The molecule has 20 heavy (non-hydrogen) atoms. The van der Waals surface area contributed by atoms with Crippen LogP contribution >= 0.6 is 15.9 Å². The van der Waals surface area contributed by atoms with Gasteiger partial charge in [-0.2, -0.15) is 0 Å². The Morgan fingerprint density at radius 2 is 2.25 bits per heavy atom. The van der Waals surface area contributed by atoms with Gasteiger partial charge in [0, 0.05) is 15.2 Å². The first-order valence-corrected chi connectivity index (χ1v) is 6.80. The van der Waals surface area contributed by atoms with Gasteiger partial charge >= 0.3 is 0 Å². The normalized spacial score (nSPS) is 18.7. The maximum Gasteiger partial charge on any atom is 0.294 e. The highest BCUT2D eigenvalue weighted by Gasteiger charge is 2.27. The summed E-state index contributed by atoms with van der Waals surface area (Å²) in [5.41, 5.74) is -0.213. The molecule has 1 aliphatic rings. The zero-order chi connectivity index (χ0) is 14.3. The van der Waals surface area contributed by atoms with E-state index in [1.165, 1.54) is 0 Å². The van der Waals surface area contributed by atoms with Crippen molar-refractivity contribution < 1.29 is 14.7 Å². The van der Waals surface area contributed by atoms with Crippen LogP contribution in [0.3, 0.4) is 0 Å². The average molecular weight is 339 g/mol. The Kier molecular flexibility index (Phi) is 3.33. The number of nitrogens with zero attached hydrogens (tertiary/aromatic N) is 1. The molecule has 0 bridgehead atoms. The quantitative estimate of drug-likeness (QED) is 0.813. The Balaban J connectivity index is 2.06. The summed E-state index contributed by atoms with van der Waals surface area (Å²) < 4.78 is 0.734. The minimum Gasteiger partial charge on any atom is -0.389 e. The molecule has 6 nitrogen and oxygen atoms in total. The molecule has 2 N–H and O–H groups in total. The Morgan fingerprint density at radius 3 is 2.95 bits per heavy atom. The zero-order valence-electron chi connectivity index (χ0n) is 10.3. The molecule has 3 rings (SSSR count). The summed E-state index contributed by atoms with van der Waals surface area (Å²) in [5.74, 6) is -0.476. The van der Waals surface area contributed by atoms with Crippen LogP contribution in [0.1, 0.15) is 10.5 Å². The third-order valence-corrected chi connectivity index (χ3v) is 3.78. The van der Waals surface area contributed by atoms with Crippen molar-refractivity contribution in [3.63, 3.8) is 0 Å². The number of fused-ring (bicyclic) bond motifs is 1. The van der Waals surface area contributed by atoms with Crippen LogP contribution in [0, 0.1) is 0 Å². The van der Waals surface area contributed by atoms with Crippen molar-refractivity contribution in [1.29, 1.82) is 0 Å². The summed E-state index contributed by atoms with van der Waals surface area (Å²) in [6.45, 7) is 0.169. The highest BCUT2D eigenvalue weighted by molar-refractivity contribution is 9.10. The minimum absolute atomic E-state index is 0.0766. The van der Waals surface area contributed by atoms with E-state index in [1.807, 2.05) is 0 Å². The number of halogens is 1. The number of H-pyrrole nitrogens is 1. The Morgan fingerprint density at radius 1 is 1.45 bits per heavy atom. The maximum atomic E-state index is 12.2. The number of rotatable bonds is 1. The summed E-state index contributed by atoms with van der Waals surface area (Å²) in [6, 6.07) is 6.83. The molecule has 1 amide bonds. The van der Waals surface area contributed by atoms with E-state index < -0.39 is 12.0 Å². The predicted octanol–water partition coefficient (Wildman–Crippen LogP) is 1.04. The molecule has 2 heterocycles. The lowest BCUT2D eigenvalue weighted by atomic mass is 10.1. The minimum atomic E-state index is -0.696. The number of hydrogen-bond donors (Lipinski definition) is 2. The molecule has 1 fully saturated rings. The first-order valence-electron chi connectivity index (χ1n) is 6.00. The second-order valence-electron chi connectivity index (χ2n) is 4.53. The molecule has 0 aliphatic carbocycles.